The predicted molar refractivity (Wildman–Crippen MR) is 63.3 cm³/mol. The van der Waals surface area contributed by atoms with E-state index in [1.165, 1.54) is 0 Å². The Bertz CT molecular complexity index is 203. The van der Waals surface area contributed by atoms with E-state index in [4.69, 9.17) is 10.5 Å². The van der Waals surface area contributed by atoms with Gasteiger partial charge >= 0.3 is 6.03 Å². The molecule has 4 N–H and O–H groups in total. The van der Waals surface area contributed by atoms with E-state index in [1.54, 1.807) is 0 Å². The molecule has 5 heteroatoms. The molecule has 94 valence electrons. The molecule has 0 aromatic carbocycles. The summed E-state index contributed by atoms with van der Waals surface area (Å²) in [5, 5.41) is 5.40. The molecule has 16 heavy (non-hydrogen) atoms. The summed E-state index contributed by atoms with van der Waals surface area (Å²) in [5.74, 6) is 0. The topological polar surface area (TPSA) is 76.4 Å². The zero-order valence-corrected chi connectivity index (χ0v) is 10.00. The lowest BCUT2D eigenvalue weighted by Gasteiger charge is -2.26. The second-order valence-electron chi connectivity index (χ2n) is 4.19. The molecule has 0 aromatic rings. The van der Waals surface area contributed by atoms with Crippen LogP contribution in [0.25, 0.3) is 0 Å². The zero-order valence-electron chi connectivity index (χ0n) is 10.00. The molecule has 1 rings (SSSR count). The highest BCUT2D eigenvalue weighted by Gasteiger charge is 2.18. The van der Waals surface area contributed by atoms with Crippen molar-refractivity contribution in [3.63, 3.8) is 0 Å². The lowest BCUT2D eigenvalue weighted by atomic mass is 9.94. The molecule has 1 aliphatic rings. The summed E-state index contributed by atoms with van der Waals surface area (Å²) in [6.07, 6.45) is 4.52. The minimum absolute atomic E-state index is 0.128. The van der Waals surface area contributed by atoms with Crippen molar-refractivity contribution in [2.75, 3.05) is 19.7 Å². The molecule has 2 amide bonds. The van der Waals surface area contributed by atoms with Crippen molar-refractivity contribution in [3.05, 3.63) is 0 Å². The number of carbonyl (C=O) groups is 1. The van der Waals surface area contributed by atoms with Crippen molar-refractivity contribution in [1.29, 1.82) is 0 Å². The van der Waals surface area contributed by atoms with Gasteiger partial charge in [0.15, 0.2) is 0 Å². The van der Waals surface area contributed by atoms with Crippen LogP contribution in [0.3, 0.4) is 0 Å². The highest BCUT2D eigenvalue weighted by molar-refractivity contribution is 5.73. The van der Waals surface area contributed by atoms with Crippen LogP contribution >= 0.6 is 0 Å². The van der Waals surface area contributed by atoms with E-state index in [2.05, 4.69) is 10.6 Å². The molecule has 1 aliphatic carbocycles. The Hall–Kier alpha value is -0.810. The standard InChI is InChI=1S/C11H23N3O2/c1-2-13-11(15)14-7-8-16-10-5-3-9(12)4-6-10/h9-10H,2-8,12H2,1H3,(H2,13,14,15). The van der Waals surface area contributed by atoms with Crippen LogP contribution in [-0.2, 0) is 4.74 Å². The molecule has 0 unspecified atom stereocenters. The molecule has 0 heterocycles. The Morgan fingerprint density at radius 3 is 2.62 bits per heavy atom. The summed E-state index contributed by atoms with van der Waals surface area (Å²) in [6.45, 7) is 3.68. The van der Waals surface area contributed by atoms with Gasteiger partial charge in [-0.25, -0.2) is 4.79 Å². The molecule has 0 atom stereocenters. The fourth-order valence-electron chi connectivity index (χ4n) is 1.87. The van der Waals surface area contributed by atoms with Gasteiger partial charge in [-0.3, -0.25) is 0 Å². The van der Waals surface area contributed by atoms with E-state index in [0.717, 1.165) is 25.7 Å². The van der Waals surface area contributed by atoms with Crippen LogP contribution in [0.1, 0.15) is 32.6 Å². The number of nitrogens with one attached hydrogen (secondary N) is 2. The van der Waals surface area contributed by atoms with E-state index in [9.17, 15) is 4.79 Å². The minimum atomic E-state index is -0.128. The number of amides is 2. The SMILES string of the molecule is CCNC(=O)NCCOC1CCC(N)CC1. The average Bonchev–Trinajstić information content (AvgIpc) is 2.27. The van der Waals surface area contributed by atoms with E-state index in [0.29, 0.717) is 31.8 Å². The molecule has 1 saturated carbocycles. The number of nitrogens with two attached hydrogens (primary N) is 1. The van der Waals surface area contributed by atoms with Gasteiger partial charge < -0.3 is 21.1 Å². The first-order chi connectivity index (χ1) is 7.72. The predicted octanol–water partition coefficient (Wildman–Crippen LogP) is 0.592. The first-order valence-corrected chi connectivity index (χ1v) is 6.11. The minimum Gasteiger partial charge on any atom is -0.376 e. The quantitative estimate of drug-likeness (QED) is 0.604. The summed E-state index contributed by atoms with van der Waals surface area (Å²) >= 11 is 0. The molecule has 0 bridgehead atoms. The maximum absolute atomic E-state index is 11.0. The van der Waals surface area contributed by atoms with Crippen LogP contribution in [0.5, 0.6) is 0 Å². The maximum Gasteiger partial charge on any atom is 0.314 e. The molecule has 0 spiro atoms. The molecule has 5 nitrogen and oxygen atoms in total. The number of hydrogen-bond donors (Lipinski definition) is 3. The third kappa shape index (κ3) is 5.32. The normalized spacial score (nSPS) is 25.1. The Balaban J connectivity index is 1.97. The van der Waals surface area contributed by atoms with Crippen LogP contribution in [0.15, 0.2) is 0 Å². The van der Waals surface area contributed by atoms with Gasteiger partial charge in [0.2, 0.25) is 0 Å². The number of hydrogen-bond acceptors (Lipinski definition) is 3. The summed E-state index contributed by atoms with van der Waals surface area (Å²) in [5.41, 5.74) is 5.80. The third-order valence-corrected chi connectivity index (χ3v) is 2.80. The largest absolute Gasteiger partial charge is 0.376 e. The molecule has 0 aliphatic heterocycles. The van der Waals surface area contributed by atoms with Gasteiger partial charge in [0, 0.05) is 19.1 Å². The Kier molecular flexibility index (Phi) is 6.18. The lowest BCUT2D eigenvalue weighted by Crippen LogP contribution is -2.38. The van der Waals surface area contributed by atoms with Gasteiger partial charge in [-0.15, -0.1) is 0 Å². The zero-order chi connectivity index (χ0) is 11.8. The number of ether oxygens (including phenoxy) is 1. The first-order valence-electron chi connectivity index (χ1n) is 6.11. The Morgan fingerprint density at radius 2 is 2.00 bits per heavy atom. The van der Waals surface area contributed by atoms with Crippen molar-refractivity contribution in [2.24, 2.45) is 5.73 Å². The highest BCUT2D eigenvalue weighted by atomic mass is 16.5. The van der Waals surface area contributed by atoms with Crippen LogP contribution in [0.2, 0.25) is 0 Å². The van der Waals surface area contributed by atoms with Crippen molar-refractivity contribution >= 4 is 6.03 Å². The first kappa shape index (κ1) is 13.3. The fraction of sp³-hybridized carbons (Fsp3) is 0.909. The van der Waals surface area contributed by atoms with Gasteiger partial charge in [-0.05, 0) is 32.6 Å². The van der Waals surface area contributed by atoms with Crippen LogP contribution in [0, 0.1) is 0 Å². The van der Waals surface area contributed by atoms with E-state index >= 15 is 0 Å². The van der Waals surface area contributed by atoms with Gasteiger partial charge in [0.25, 0.3) is 0 Å². The average molecular weight is 229 g/mol. The van der Waals surface area contributed by atoms with Crippen LogP contribution in [-0.4, -0.2) is 37.9 Å². The number of rotatable bonds is 5. The molecule has 0 aromatic heterocycles. The lowest BCUT2D eigenvalue weighted by molar-refractivity contribution is 0.0278. The molecular formula is C11H23N3O2. The summed E-state index contributed by atoms with van der Waals surface area (Å²) in [7, 11) is 0. The number of urea groups is 1. The van der Waals surface area contributed by atoms with Crippen molar-refractivity contribution < 1.29 is 9.53 Å². The van der Waals surface area contributed by atoms with E-state index < -0.39 is 0 Å². The molecule has 0 saturated heterocycles. The maximum atomic E-state index is 11.0. The smallest absolute Gasteiger partial charge is 0.314 e. The number of carbonyl (C=O) groups excluding carboxylic acids is 1. The fourth-order valence-corrected chi connectivity index (χ4v) is 1.87. The second-order valence-corrected chi connectivity index (χ2v) is 4.19. The Labute approximate surface area is 97.1 Å². The monoisotopic (exact) mass is 229 g/mol. The van der Waals surface area contributed by atoms with Gasteiger partial charge in [-0.2, -0.15) is 0 Å². The summed E-state index contributed by atoms with van der Waals surface area (Å²) < 4.78 is 5.66. The van der Waals surface area contributed by atoms with Crippen molar-refractivity contribution in [3.8, 4) is 0 Å². The van der Waals surface area contributed by atoms with Gasteiger partial charge in [-0.1, -0.05) is 0 Å². The molecular weight excluding hydrogens is 206 g/mol. The summed E-state index contributed by atoms with van der Waals surface area (Å²) in [4.78, 5) is 11.0. The van der Waals surface area contributed by atoms with Gasteiger partial charge in [0.1, 0.15) is 0 Å². The Morgan fingerprint density at radius 1 is 1.31 bits per heavy atom. The van der Waals surface area contributed by atoms with Crippen LogP contribution < -0.4 is 16.4 Å². The van der Waals surface area contributed by atoms with E-state index in [1.807, 2.05) is 6.92 Å². The molecule has 1 fully saturated rings. The third-order valence-electron chi connectivity index (χ3n) is 2.80. The second kappa shape index (κ2) is 7.46. The molecule has 0 radical (unpaired) electrons. The van der Waals surface area contributed by atoms with Gasteiger partial charge in [0.05, 0.1) is 12.7 Å². The summed E-state index contributed by atoms with van der Waals surface area (Å²) in [6, 6.07) is 0.227. The van der Waals surface area contributed by atoms with Crippen LogP contribution in [0.4, 0.5) is 4.79 Å². The van der Waals surface area contributed by atoms with Crippen molar-refractivity contribution in [1.82, 2.24) is 10.6 Å². The highest BCUT2D eigenvalue weighted by Crippen LogP contribution is 2.19. The van der Waals surface area contributed by atoms with Crippen molar-refractivity contribution in [2.45, 2.75) is 44.8 Å². The van der Waals surface area contributed by atoms with E-state index in [-0.39, 0.29) is 6.03 Å².